The molecule has 6 nitrogen and oxygen atoms in total. The summed E-state index contributed by atoms with van der Waals surface area (Å²) in [5, 5.41) is 6.29. The number of nitrogens with one attached hydrogen (secondary N) is 2. The van der Waals surface area contributed by atoms with Crippen molar-refractivity contribution in [3.05, 3.63) is 11.9 Å². The monoisotopic (exact) mass is 266 g/mol. The normalized spacial score (nSPS) is 11.8. The molecular formula is C13H22N4O2. The molecule has 0 radical (unpaired) electrons. The van der Waals surface area contributed by atoms with Gasteiger partial charge in [-0.1, -0.05) is 13.3 Å². The van der Waals surface area contributed by atoms with Crippen molar-refractivity contribution in [3.63, 3.8) is 0 Å². The zero-order valence-electron chi connectivity index (χ0n) is 12.0. The Morgan fingerprint density at radius 2 is 2.05 bits per heavy atom. The minimum absolute atomic E-state index is 0.314. The number of hydrogen-bond acceptors (Lipinski definition) is 6. The second kappa shape index (κ2) is 7.56. The summed E-state index contributed by atoms with van der Waals surface area (Å²) < 4.78 is 4.70. The number of rotatable bonds is 7. The first kappa shape index (κ1) is 15.2. The predicted molar refractivity (Wildman–Crippen MR) is 75.3 cm³/mol. The van der Waals surface area contributed by atoms with Crippen LogP contribution in [-0.2, 0) is 16.0 Å². The van der Waals surface area contributed by atoms with Gasteiger partial charge in [-0.2, -0.15) is 0 Å². The second-order valence-electron chi connectivity index (χ2n) is 4.22. The van der Waals surface area contributed by atoms with Crippen LogP contribution in [-0.4, -0.2) is 35.6 Å². The zero-order valence-corrected chi connectivity index (χ0v) is 12.0. The summed E-state index contributed by atoms with van der Waals surface area (Å²) in [6.45, 7) is 6.65. The van der Waals surface area contributed by atoms with E-state index in [-0.39, 0.29) is 5.97 Å². The standard InChI is InChI=1S/C13H22N4O2/c1-5-7-10-11(14-6-2)15-8-16-12(10)17-9(3)13(18)19-4/h8-9H,5-7H2,1-4H3,(H2,14,15,16,17). The minimum atomic E-state index is -0.440. The first-order chi connectivity index (χ1) is 9.13. The number of nitrogens with zero attached hydrogens (tertiary/aromatic N) is 2. The Morgan fingerprint density at radius 3 is 2.63 bits per heavy atom. The molecular weight excluding hydrogens is 244 g/mol. The molecule has 1 unspecified atom stereocenters. The maximum Gasteiger partial charge on any atom is 0.328 e. The summed E-state index contributed by atoms with van der Waals surface area (Å²) in [6, 6.07) is -0.440. The van der Waals surface area contributed by atoms with Gasteiger partial charge in [-0.15, -0.1) is 0 Å². The van der Waals surface area contributed by atoms with Gasteiger partial charge in [0.1, 0.15) is 24.0 Å². The van der Waals surface area contributed by atoms with Crippen LogP contribution in [0.2, 0.25) is 0 Å². The molecule has 0 aliphatic rings. The van der Waals surface area contributed by atoms with Crippen molar-refractivity contribution < 1.29 is 9.53 Å². The molecule has 0 spiro atoms. The van der Waals surface area contributed by atoms with Crippen molar-refractivity contribution in [2.24, 2.45) is 0 Å². The Balaban J connectivity index is 2.98. The minimum Gasteiger partial charge on any atom is -0.467 e. The molecule has 106 valence electrons. The molecule has 0 fully saturated rings. The third-order valence-corrected chi connectivity index (χ3v) is 2.70. The summed E-state index contributed by atoms with van der Waals surface area (Å²) in [5.41, 5.74) is 1.00. The Bertz CT molecular complexity index is 423. The molecule has 1 atom stereocenters. The SMILES string of the molecule is CCCc1c(NCC)ncnc1NC(C)C(=O)OC. The molecule has 0 aliphatic carbocycles. The van der Waals surface area contributed by atoms with Gasteiger partial charge in [0.25, 0.3) is 0 Å². The van der Waals surface area contributed by atoms with Crippen molar-refractivity contribution in [2.45, 2.75) is 39.7 Å². The van der Waals surface area contributed by atoms with E-state index < -0.39 is 6.04 Å². The van der Waals surface area contributed by atoms with E-state index >= 15 is 0 Å². The largest absolute Gasteiger partial charge is 0.467 e. The molecule has 0 bridgehead atoms. The smallest absolute Gasteiger partial charge is 0.328 e. The topological polar surface area (TPSA) is 76.1 Å². The maximum absolute atomic E-state index is 11.5. The van der Waals surface area contributed by atoms with E-state index in [4.69, 9.17) is 4.74 Å². The molecule has 1 aromatic rings. The van der Waals surface area contributed by atoms with E-state index in [9.17, 15) is 4.79 Å². The Labute approximate surface area is 114 Å². The lowest BCUT2D eigenvalue weighted by molar-refractivity contribution is -0.141. The maximum atomic E-state index is 11.5. The van der Waals surface area contributed by atoms with Crippen LogP contribution in [0.1, 0.15) is 32.8 Å². The fourth-order valence-corrected chi connectivity index (χ4v) is 1.78. The molecule has 0 saturated heterocycles. The number of aromatic nitrogens is 2. The van der Waals surface area contributed by atoms with Gasteiger partial charge in [-0.05, 0) is 20.3 Å². The molecule has 1 rings (SSSR count). The van der Waals surface area contributed by atoms with Crippen LogP contribution in [0.15, 0.2) is 6.33 Å². The van der Waals surface area contributed by atoms with Crippen molar-refractivity contribution in [1.82, 2.24) is 9.97 Å². The van der Waals surface area contributed by atoms with Gasteiger partial charge in [0.05, 0.1) is 7.11 Å². The summed E-state index contributed by atoms with van der Waals surface area (Å²) in [6.07, 6.45) is 3.32. The highest BCUT2D eigenvalue weighted by Gasteiger charge is 2.17. The number of esters is 1. The first-order valence-electron chi connectivity index (χ1n) is 6.56. The molecule has 19 heavy (non-hydrogen) atoms. The van der Waals surface area contributed by atoms with E-state index in [0.717, 1.165) is 30.8 Å². The first-order valence-corrected chi connectivity index (χ1v) is 6.56. The molecule has 0 aromatic carbocycles. The van der Waals surface area contributed by atoms with Crippen LogP contribution < -0.4 is 10.6 Å². The van der Waals surface area contributed by atoms with E-state index in [1.807, 2.05) is 6.92 Å². The number of ether oxygens (including phenoxy) is 1. The fraction of sp³-hybridized carbons (Fsp3) is 0.615. The average Bonchev–Trinajstić information content (AvgIpc) is 2.41. The van der Waals surface area contributed by atoms with Gasteiger partial charge in [-0.25, -0.2) is 14.8 Å². The number of carbonyl (C=O) groups excluding carboxylic acids is 1. The second-order valence-corrected chi connectivity index (χ2v) is 4.22. The molecule has 1 heterocycles. The van der Waals surface area contributed by atoms with Gasteiger partial charge in [0.15, 0.2) is 0 Å². The Hall–Kier alpha value is -1.85. The van der Waals surface area contributed by atoms with Gasteiger partial charge in [-0.3, -0.25) is 0 Å². The van der Waals surface area contributed by atoms with Gasteiger partial charge in [0, 0.05) is 12.1 Å². The number of anilines is 2. The lowest BCUT2D eigenvalue weighted by atomic mass is 10.1. The van der Waals surface area contributed by atoms with E-state index in [1.165, 1.54) is 13.4 Å². The average molecular weight is 266 g/mol. The summed E-state index contributed by atoms with van der Waals surface area (Å²) in [4.78, 5) is 19.9. The van der Waals surface area contributed by atoms with Crippen LogP contribution in [0.25, 0.3) is 0 Å². The molecule has 0 saturated carbocycles. The molecule has 0 aliphatic heterocycles. The van der Waals surface area contributed by atoms with E-state index in [1.54, 1.807) is 6.92 Å². The predicted octanol–water partition coefficient (Wildman–Crippen LogP) is 1.83. The van der Waals surface area contributed by atoms with Crippen molar-refractivity contribution in [1.29, 1.82) is 0 Å². The highest BCUT2D eigenvalue weighted by Crippen LogP contribution is 2.22. The van der Waals surface area contributed by atoms with Crippen molar-refractivity contribution >= 4 is 17.6 Å². The Morgan fingerprint density at radius 1 is 1.37 bits per heavy atom. The van der Waals surface area contributed by atoms with Crippen molar-refractivity contribution in [2.75, 3.05) is 24.3 Å². The van der Waals surface area contributed by atoms with Crippen LogP contribution in [0.5, 0.6) is 0 Å². The van der Waals surface area contributed by atoms with E-state index in [2.05, 4.69) is 27.5 Å². The zero-order chi connectivity index (χ0) is 14.3. The summed E-state index contributed by atoms with van der Waals surface area (Å²) in [7, 11) is 1.37. The highest BCUT2D eigenvalue weighted by molar-refractivity contribution is 5.79. The van der Waals surface area contributed by atoms with Crippen LogP contribution in [0.3, 0.4) is 0 Å². The van der Waals surface area contributed by atoms with E-state index in [0.29, 0.717) is 5.82 Å². The van der Waals surface area contributed by atoms with Gasteiger partial charge >= 0.3 is 5.97 Å². The summed E-state index contributed by atoms with van der Waals surface area (Å²) >= 11 is 0. The van der Waals surface area contributed by atoms with Crippen LogP contribution in [0, 0.1) is 0 Å². The quantitative estimate of drug-likeness (QED) is 0.733. The molecule has 2 N–H and O–H groups in total. The Kier molecular flexibility index (Phi) is 6.05. The summed E-state index contributed by atoms with van der Waals surface area (Å²) in [5.74, 6) is 1.19. The fourth-order valence-electron chi connectivity index (χ4n) is 1.78. The molecule has 0 amide bonds. The van der Waals surface area contributed by atoms with Gasteiger partial charge < -0.3 is 15.4 Å². The van der Waals surface area contributed by atoms with Crippen LogP contribution in [0.4, 0.5) is 11.6 Å². The number of carbonyl (C=O) groups is 1. The number of hydrogen-bond donors (Lipinski definition) is 2. The van der Waals surface area contributed by atoms with Crippen molar-refractivity contribution in [3.8, 4) is 0 Å². The molecule has 1 aromatic heterocycles. The molecule has 6 heteroatoms. The third-order valence-electron chi connectivity index (χ3n) is 2.70. The lowest BCUT2D eigenvalue weighted by Crippen LogP contribution is -2.28. The number of methoxy groups -OCH3 is 1. The highest BCUT2D eigenvalue weighted by atomic mass is 16.5. The van der Waals surface area contributed by atoms with Crippen LogP contribution >= 0.6 is 0 Å². The van der Waals surface area contributed by atoms with Gasteiger partial charge in [0.2, 0.25) is 0 Å². The lowest BCUT2D eigenvalue weighted by Gasteiger charge is -2.17. The third kappa shape index (κ3) is 4.08.